The molecule has 2 nitrogen and oxygen atoms in total. The van der Waals surface area contributed by atoms with Crippen LogP contribution in [0.25, 0.3) is 0 Å². The van der Waals surface area contributed by atoms with E-state index in [1.165, 1.54) is 6.07 Å². The van der Waals surface area contributed by atoms with Gasteiger partial charge >= 0.3 is 0 Å². The van der Waals surface area contributed by atoms with Crippen LogP contribution in [0.4, 0.5) is 4.39 Å². The predicted octanol–water partition coefficient (Wildman–Crippen LogP) is 1.15. The molecule has 1 aromatic carbocycles. The first-order valence-corrected chi connectivity index (χ1v) is 4.91. The van der Waals surface area contributed by atoms with E-state index in [1.807, 2.05) is 12.1 Å². The Morgan fingerprint density at radius 3 is 2.79 bits per heavy atom. The van der Waals surface area contributed by atoms with E-state index >= 15 is 0 Å². The maximum absolute atomic E-state index is 13.0. The topological polar surface area (TPSA) is 38.0 Å². The normalized spacial score (nSPS) is 26.8. The van der Waals surface area contributed by atoms with Crippen LogP contribution in [0.15, 0.2) is 18.2 Å². The average Bonchev–Trinajstić information content (AvgIpc) is 2.57. The van der Waals surface area contributed by atoms with Crippen LogP contribution in [-0.4, -0.2) is 19.1 Å². The fraction of sp³-hybridized carbons (Fsp3) is 0.455. The third-order valence-electron chi connectivity index (χ3n) is 2.87. The highest BCUT2D eigenvalue weighted by molar-refractivity contribution is 5.29. The number of hydrogen-bond donors (Lipinski definition) is 2. The van der Waals surface area contributed by atoms with E-state index < -0.39 is 0 Å². The van der Waals surface area contributed by atoms with Gasteiger partial charge in [0.15, 0.2) is 0 Å². The van der Waals surface area contributed by atoms with Crippen LogP contribution in [0.2, 0.25) is 0 Å². The molecule has 0 bridgehead atoms. The molecule has 2 unspecified atom stereocenters. The Kier molecular flexibility index (Phi) is 2.52. The van der Waals surface area contributed by atoms with Crippen molar-refractivity contribution in [2.45, 2.75) is 18.9 Å². The first-order valence-electron chi connectivity index (χ1n) is 4.91. The smallest absolute Gasteiger partial charge is 0.126 e. The number of benzene rings is 1. The van der Waals surface area contributed by atoms with Crippen molar-refractivity contribution in [3.05, 3.63) is 35.1 Å². The van der Waals surface area contributed by atoms with Crippen molar-refractivity contribution in [2.75, 3.05) is 13.1 Å². The van der Waals surface area contributed by atoms with Crippen LogP contribution in [0, 0.1) is 12.7 Å². The van der Waals surface area contributed by atoms with E-state index in [9.17, 15) is 4.39 Å². The van der Waals surface area contributed by atoms with Gasteiger partial charge in [-0.15, -0.1) is 0 Å². The van der Waals surface area contributed by atoms with Gasteiger partial charge in [0, 0.05) is 25.0 Å². The number of halogens is 1. The SMILES string of the molecule is Cc1cc(C2CNCC2N)ccc1F. The molecule has 76 valence electrons. The molecule has 3 N–H and O–H groups in total. The molecule has 0 aromatic heterocycles. The van der Waals surface area contributed by atoms with Crippen LogP contribution in [0.5, 0.6) is 0 Å². The molecule has 1 aliphatic rings. The first-order chi connectivity index (χ1) is 6.68. The van der Waals surface area contributed by atoms with Crippen molar-refractivity contribution in [1.82, 2.24) is 5.32 Å². The number of rotatable bonds is 1. The molecule has 0 aliphatic carbocycles. The quantitative estimate of drug-likeness (QED) is 0.703. The van der Waals surface area contributed by atoms with Gasteiger partial charge in [-0.1, -0.05) is 12.1 Å². The van der Waals surface area contributed by atoms with Gasteiger partial charge in [0.25, 0.3) is 0 Å². The van der Waals surface area contributed by atoms with E-state index in [4.69, 9.17) is 5.73 Å². The van der Waals surface area contributed by atoms with Gasteiger partial charge < -0.3 is 11.1 Å². The Labute approximate surface area is 83.3 Å². The van der Waals surface area contributed by atoms with Gasteiger partial charge in [0.2, 0.25) is 0 Å². The van der Waals surface area contributed by atoms with Crippen molar-refractivity contribution < 1.29 is 4.39 Å². The molecule has 0 saturated carbocycles. The zero-order valence-corrected chi connectivity index (χ0v) is 8.26. The molecule has 1 aromatic rings. The second-order valence-corrected chi connectivity index (χ2v) is 3.94. The van der Waals surface area contributed by atoms with Crippen molar-refractivity contribution in [1.29, 1.82) is 0 Å². The van der Waals surface area contributed by atoms with Crippen LogP contribution in [0.1, 0.15) is 17.0 Å². The maximum Gasteiger partial charge on any atom is 0.126 e. The largest absolute Gasteiger partial charge is 0.326 e. The average molecular weight is 194 g/mol. The monoisotopic (exact) mass is 194 g/mol. The molecule has 1 heterocycles. The maximum atomic E-state index is 13.0. The lowest BCUT2D eigenvalue weighted by Crippen LogP contribution is -2.27. The molecule has 2 rings (SSSR count). The minimum absolute atomic E-state index is 0.145. The molecule has 0 amide bonds. The van der Waals surface area contributed by atoms with Gasteiger partial charge in [-0.25, -0.2) is 4.39 Å². The Morgan fingerprint density at radius 2 is 2.21 bits per heavy atom. The molecule has 1 saturated heterocycles. The zero-order chi connectivity index (χ0) is 10.1. The van der Waals surface area contributed by atoms with Gasteiger partial charge in [-0.2, -0.15) is 0 Å². The molecule has 14 heavy (non-hydrogen) atoms. The molecule has 1 fully saturated rings. The third-order valence-corrected chi connectivity index (χ3v) is 2.87. The first kappa shape index (κ1) is 9.62. The molecule has 1 aliphatic heterocycles. The summed E-state index contributed by atoms with van der Waals surface area (Å²) in [5.74, 6) is 0.183. The summed E-state index contributed by atoms with van der Waals surface area (Å²) in [6, 6.07) is 5.41. The molecular weight excluding hydrogens is 179 g/mol. The second kappa shape index (κ2) is 3.67. The number of aryl methyl sites for hydroxylation is 1. The lowest BCUT2D eigenvalue weighted by molar-refractivity contribution is 0.611. The van der Waals surface area contributed by atoms with Gasteiger partial charge in [0.05, 0.1) is 0 Å². The number of nitrogens with one attached hydrogen (secondary N) is 1. The van der Waals surface area contributed by atoms with E-state index in [2.05, 4.69) is 5.32 Å². The molecule has 0 spiro atoms. The highest BCUT2D eigenvalue weighted by Gasteiger charge is 2.25. The van der Waals surface area contributed by atoms with Gasteiger partial charge in [-0.05, 0) is 24.1 Å². The summed E-state index contributed by atoms with van der Waals surface area (Å²) in [7, 11) is 0. The summed E-state index contributed by atoms with van der Waals surface area (Å²) < 4.78 is 13.0. The summed E-state index contributed by atoms with van der Waals surface area (Å²) in [5.41, 5.74) is 7.78. The Hall–Kier alpha value is -0.930. The lowest BCUT2D eigenvalue weighted by Gasteiger charge is -2.15. The summed E-state index contributed by atoms with van der Waals surface area (Å²) in [6.07, 6.45) is 0. The van der Waals surface area contributed by atoms with E-state index in [0.29, 0.717) is 11.5 Å². The van der Waals surface area contributed by atoms with Crippen molar-refractivity contribution >= 4 is 0 Å². The predicted molar refractivity (Wildman–Crippen MR) is 54.7 cm³/mol. The van der Waals surface area contributed by atoms with Crippen LogP contribution < -0.4 is 11.1 Å². The number of nitrogens with two attached hydrogens (primary N) is 1. The van der Waals surface area contributed by atoms with Crippen LogP contribution in [-0.2, 0) is 0 Å². The van der Waals surface area contributed by atoms with Gasteiger partial charge in [0.1, 0.15) is 5.82 Å². The fourth-order valence-corrected chi connectivity index (χ4v) is 1.96. The summed E-state index contributed by atoms with van der Waals surface area (Å²) in [5, 5.41) is 3.24. The summed E-state index contributed by atoms with van der Waals surface area (Å²) >= 11 is 0. The van der Waals surface area contributed by atoms with E-state index in [1.54, 1.807) is 6.92 Å². The molecular formula is C11H15FN2. The van der Waals surface area contributed by atoms with Gasteiger partial charge in [-0.3, -0.25) is 0 Å². The third kappa shape index (κ3) is 1.65. The minimum Gasteiger partial charge on any atom is -0.326 e. The van der Waals surface area contributed by atoms with E-state index in [0.717, 1.165) is 18.7 Å². The summed E-state index contributed by atoms with van der Waals surface area (Å²) in [6.45, 7) is 3.53. The second-order valence-electron chi connectivity index (χ2n) is 3.94. The molecule has 3 heteroatoms. The van der Waals surface area contributed by atoms with Crippen molar-refractivity contribution in [2.24, 2.45) is 5.73 Å². The molecule has 0 radical (unpaired) electrons. The zero-order valence-electron chi connectivity index (χ0n) is 8.26. The van der Waals surface area contributed by atoms with Crippen molar-refractivity contribution in [3.8, 4) is 0 Å². The van der Waals surface area contributed by atoms with Crippen LogP contribution in [0.3, 0.4) is 0 Å². The molecule has 2 atom stereocenters. The fourth-order valence-electron chi connectivity index (χ4n) is 1.96. The Morgan fingerprint density at radius 1 is 1.43 bits per heavy atom. The highest BCUT2D eigenvalue weighted by Crippen LogP contribution is 2.23. The number of hydrogen-bond acceptors (Lipinski definition) is 2. The Bertz CT molecular complexity index is 338. The lowest BCUT2D eigenvalue weighted by atomic mass is 9.94. The van der Waals surface area contributed by atoms with Crippen molar-refractivity contribution in [3.63, 3.8) is 0 Å². The minimum atomic E-state index is -0.145. The van der Waals surface area contributed by atoms with E-state index in [-0.39, 0.29) is 11.9 Å². The standard InChI is InChI=1S/C11H15FN2/c1-7-4-8(2-3-10(7)12)9-5-14-6-11(9)13/h2-4,9,11,14H,5-6,13H2,1H3. The highest BCUT2D eigenvalue weighted by atomic mass is 19.1. The summed E-state index contributed by atoms with van der Waals surface area (Å²) in [4.78, 5) is 0. The van der Waals surface area contributed by atoms with Crippen LogP contribution >= 0.6 is 0 Å². The Balaban J connectivity index is 2.28.